The number of guanidine groups is 1. The maximum atomic E-state index is 10.8. The van der Waals surface area contributed by atoms with Crippen molar-refractivity contribution < 1.29 is 20.6 Å². The van der Waals surface area contributed by atoms with Crippen LogP contribution in [0.4, 0.5) is 5.69 Å². The van der Waals surface area contributed by atoms with E-state index < -0.39 is 5.97 Å². The molecular formula is C9H12N4O4. The predicted molar refractivity (Wildman–Crippen MR) is 61.9 cm³/mol. The Morgan fingerprint density at radius 1 is 1.29 bits per heavy atom. The van der Waals surface area contributed by atoms with E-state index in [1.807, 2.05) is 0 Å². The number of aliphatic imine (C=N–C) groups is 1. The van der Waals surface area contributed by atoms with Gasteiger partial charge in [-0.2, -0.15) is 0 Å². The molecule has 0 saturated carbocycles. The summed E-state index contributed by atoms with van der Waals surface area (Å²) in [7, 11) is 0. The highest BCUT2D eigenvalue weighted by atomic mass is 16.4. The molecule has 8 heteroatoms. The lowest BCUT2D eigenvalue weighted by Gasteiger charge is -2.00. The summed E-state index contributed by atoms with van der Waals surface area (Å²) in [5.74, 6) is -1.31. The largest absolute Gasteiger partial charge is 0.478 e. The average Bonchev–Trinajstić information content (AvgIpc) is 2.16. The summed E-state index contributed by atoms with van der Waals surface area (Å²) in [6.45, 7) is 0. The number of hydrogen-bond acceptors (Lipinski definition) is 4. The van der Waals surface area contributed by atoms with Crippen molar-refractivity contribution in [3.8, 4) is 0 Å². The first-order valence-electron chi connectivity index (χ1n) is 4.18. The van der Waals surface area contributed by atoms with Crippen molar-refractivity contribution in [1.29, 1.82) is 0 Å². The van der Waals surface area contributed by atoms with Gasteiger partial charge < -0.3 is 27.3 Å². The monoisotopic (exact) mass is 240 g/mol. The maximum absolute atomic E-state index is 10.8. The first-order valence-corrected chi connectivity index (χ1v) is 4.18. The summed E-state index contributed by atoms with van der Waals surface area (Å²) in [5.41, 5.74) is 11.0. The molecule has 0 bridgehead atoms. The highest BCUT2D eigenvalue weighted by Gasteiger charge is 2.06. The number of aromatic carboxylic acids is 1. The second-order valence-corrected chi connectivity index (χ2v) is 2.90. The summed E-state index contributed by atoms with van der Waals surface area (Å²) >= 11 is 0. The van der Waals surface area contributed by atoms with Gasteiger partial charge in [-0.25, -0.2) is 9.79 Å². The molecule has 0 amide bonds. The molecule has 8 nitrogen and oxygen atoms in total. The third kappa shape index (κ3) is 4.18. The Labute approximate surface area is 96.2 Å². The zero-order chi connectivity index (χ0) is 12.1. The Morgan fingerprint density at radius 2 is 1.94 bits per heavy atom. The quantitative estimate of drug-likeness (QED) is 0.236. The second kappa shape index (κ2) is 6.08. The van der Waals surface area contributed by atoms with Gasteiger partial charge in [-0.3, -0.25) is 0 Å². The Kier molecular flexibility index (Phi) is 5.14. The molecule has 0 aliphatic rings. The number of carboxylic acid groups (broad SMARTS) is 1. The van der Waals surface area contributed by atoms with E-state index in [1.54, 1.807) is 0 Å². The summed E-state index contributed by atoms with van der Waals surface area (Å²) in [6.07, 6.45) is 1.08. The Bertz CT molecular complexity index is 466. The molecule has 1 aromatic rings. The molecule has 17 heavy (non-hydrogen) atoms. The van der Waals surface area contributed by atoms with Gasteiger partial charge in [-0.1, -0.05) is 5.16 Å². The third-order valence-corrected chi connectivity index (χ3v) is 1.65. The van der Waals surface area contributed by atoms with Gasteiger partial charge in [0, 0.05) is 0 Å². The van der Waals surface area contributed by atoms with E-state index in [0.717, 1.165) is 6.21 Å². The lowest BCUT2D eigenvalue weighted by Crippen LogP contribution is -2.21. The zero-order valence-corrected chi connectivity index (χ0v) is 8.66. The molecule has 1 aromatic carbocycles. The standard InChI is InChI=1S/C9H10N4O3.H2O/c10-9(11)13-7-2-5(4-12-16)1-6(3-7)8(14)15;/h1-4,16H,(H,14,15)(H4,10,11,13);1H2. The van der Waals surface area contributed by atoms with Gasteiger partial charge in [0.2, 0.25) is 0 Å². The number of nitrogens with zero attached hydrogens (tertiary/aromatic N) is 2. The Morgan fingerprint density at radius 3 is 2.41 bits per heavy atom. The van der Waals surface area contributed by atoms with Gasteiger partial charge in [0.15, 0.2) is 5.96 Å². The molecule has 0 aliphatic heterocycles. The lowest BCUT2D eigenvalue weighted by molar-refractivity contribution is 0.0697. The van der Waals surface area contributed by atoms with Crippen LogP contribution in [0.25, 0.3) is 0 Å². The van der Waals surface area contributed by atoms with Crippen LogP contribution < -0.4 is 11.5 Å². The SMILES string of the molecule is NC(N)=Nc1cc(C=NO)cc(C(=O)O)c1.O. The molecule has 0 fully saturated rings. The molecule has 0 saturated heterocycles. The molecule has 0 aromatic heterocycles. The van der Waals surface area contributed by atoms with E-state index in [2.05, 4.69) is 10.1 Å². The van der Waals surface area contributed by atoms with Gasteiger partial charge in [-0.05, 0) is 23.8 Å². The molecule has 0 heterocycles. The summed E-state index contributed by atoms with van der Waals surface area (Å²) in [6, 6.07) is 4.11. The van der Waals surface area contributed by atoms with E-state index in [0.29, 0.717) is 5.56 Å². The minimum Gasteiger partial charge on any atom is -0.478 e. The fourth-order valence-corrected chi connectivity index (χ4v) is 1.11. The van der Waals surface area contributed by atoms with Crippen molar-refractivity contribution in [3.63, 3.8) is 0 Å². The number of oxime groups is 1. The number of hydrogen-bond donors (Lipinski definition) is 4. The normalized spacial score (nSPS) is 9.65. The van der Waals surface area contributed by atoms with Crippen molar-refractivity contribution >= 4 is 23.8 Å². The van der Waals surface area contributed by atoms with Gasteiger partial charge in [0.25, 0.3) is 0 Å². The van der Waals surface area contributed by atoms with Gasteiger partial charge in [0.1, 0.15) is 0 Å². The molecule has 1 rings (SSSR count). The number of rotatable bonds is 3. The zero-order valence-electron chi connectivity index (χ0n) is 8.66. The third-order valence-electron chi connectivity index (χ3n) is 1.65. The van der Waals surface area contributed by atoms with E-state index in [9.17, 15) is 4.79 Å². The molecule has 0 unspecified atom stereocenters. The van der Waals surface area contributed by atoms with Crippen LogP contribution in [0.3, 0.4) is 0 Å². The molecule has 0 atom stereocenters. The fraction of sp³-hybridized carbons (Fsp3) is 0. The summed E-state index contributed by atoms with van der Waals surface area (Å²) in [4.78, 5) is 14.5. The Hall–Kier alpha value is -2.61. The topological polar surface area (TPSA) is 166 Å². The van der Waals surface area contributed by atoms with E-state index >= 15 is 0 Å². The smallest absolute Gasteiger partial charge is 0.335 e. The first kappa shape index (κ1) is 14.4. The molecule has 0 aliphatic carbocycles. The number of carboxylic acids is 1. The maximum Gasteiger partial charge on any atom is 0.335 e. The van der Waals surface area contributed by atoms with Crippen molar-refractivity contribution in [2.75, 3.05) is 0 Å². The minimum absolute atomic E-state index is 0. The van der Waals surface area contributed by atoms with Crippen LogP contribution in [0.1, 0.15) is 15.9 Å². The van der Waals surface area contributed by atoms with Crippen molar-refractivity contribution in [1.82, 2.24) is 0 Å². The van der Waals surface area contributed by atoms with E-state index in [4.69, 9.17) is 21.8 Å². The summed E-state index contributed by atoms with van der Waals surface area (Å²) in [5, 5.41) is 20.0. The minimum atomic E-state index is -1.12. The van der Waals surface area contributed by atoms with Crippen LogP contribution >= 0.6 is 0 Å². The molecular weight excluding hydrogens is 228 g/mol. The number of benzene rings is 1. The Balaban J connectivity index is 0.00000256. The molecule has 0 spiro atoms. The summed E-state index contributed by atoms with van der Waals surface area (Å²) < 4.78 is 0. The number of nitrogens with two attached hydrogens (primary N) is 2. The van der Waals surface area contributed by atoms with E-state index in [1.165, 1.54) is 18.2 Å². The van der Waals surface area contributed by atoms with Crippen LogP contribution in [0.5, 0.6) is 0 Å². The highest BCUT2D eigenvalue weighted by molar-refractivity contribution is 5.93. The van der Waals surface area contributed by atoms with Crippen molar-refractivity contribution in [2.45, 2.75) is 0 Å². The van der Waals surface area contributed by atoms with Crippen molar-refractivity contribution in [3.05, 3.63) is 29.3 Å². The highest BCUT2D eigenvalue weighted by Crippen LogP contribution is 2.17. The van der Waals surface area contributed by atoms with Crippen molar-refractivity contribution in [2.24, 2.45) is 21.6 Å². The van der Waals surface area contributed by atoms with E-state index in [-0.39, 0.29) is 22.7 Å². The van der Waals surface area contributed by atoms with Crippen LogP contribution in [0.15, 0.2) is 28.3 Å². The van der Waals surface area contributed by atoms with Crippen LogP contribution in [-0.4, -0.2) is 33.9 Å². The van der Waals surface area contributed by atoms with Gasteiger partial charge >= 0.3 is 5.97 Å². The van der Waals surface area contributed by atoms with Gasteiger partial charge in [0.05, 0.1) is 17.5 Å². The predicted octanol–water partition coefficient (Wildman–Crippen LogP) is -0.727. The van der Waals surface area contributed by atoms with Crippen LogP contribution in [0.2, 0.25) is 0 Å². The lowest BCUT2D eigenvalue weighted by atomic mass is 10.1. The van der Waals surface area contributed by atoms with Gasteiger partial charge in [-0.15, -0.1) is 0 Å². The fourth-order valence-electron chi connectivity index (χ4n) is 1.11. The average molecular weight is 240 g/mol. The molecule has 0 radical (unpaired) electrons. The molecule has 92 valence electrons. The second-order valence-electron chi connectivity index (χ2n) is 2.90. The first-order chi connectivity index (χ1) is 7.52. The van der Waals surface area contributed by atoms with Crippen LogP contribution in [0, 0.1) is 0 Å². The molecule has 8 N–H and O–H groups in total. The van der Waals surface area contributed by atoms with Crippen LogP contribution in [-0.2, 0) is 0 Å². The number of carbonyl (C=O) groups is 1.